The smallest absolute Gasteiger partial charge is 0.270 e. The zero-order chi connectivity index (χ0) is 19.0. The van der Waals surface area contributed by atoms with Crippen molar-refractivity contribution in [2.75, 3.05) is 19.3 Å². The first-order valence-electron chi connectivity index (χ1n) is 9.56. The molecule has 2 fully saturated rings. The molecule has 1 aliphatic carbocycles. The maximum Gasteiger partial charge on any atom is 0.270 e. The lowest BCUT2D eigenvalue weighted by Gasteiger charge is -2.34. The van der Waals surface area contributed by atoms with Crippen molar-refractivity contribution in [1.82, 2.24) is 10.2 Å². The van der Waals surface area contributed by atoms with Crippen molar-refractivity contribution < 1.29 is 9.21 Å². The number of carbonyl (C=O) groups is 1. The van der Waals surface area contributed by atoms with Gasteiger partial charge in [-0.05, 0) is 69.5 Å². The van der Waals surface area contributed by atoms with Crippen LogP contribution in [0.3, 0.4) is 0 Å². The Hall–Kier alpha value is -2.60. The van der Waals surface area contributed by atoms with Gasteiger partial charge in [0.1, 0.15) is 11.5 Å². The van der Waals surface area contributed by atoms with Crippen LogP contribution >= 0.6 is 0 Å². The number of nitrogens with zero attached hydrogens (tertiary/aromatic N) is 1. The fourth-order valence-corrected chi connectivity index (χ4v) is 4.61. The van der Waals surface area contributed by atoms with Gasteiger partial charge in [0, 0.05) is 28.9 Å². The molecule has 2 heterocycles. The molecular formula is C21H26N4O2. The van der Waals surface area contributed by atoms with Crippen molar-refractivity contribution in [3.05, 3.63) is 42.2 Å². The molecular weight excluding hydrogens is 340 g/mol. The van der Waals surface area contributed by atoms with Crippen molar-refractivity contribution >= 4 is 17.3 Å². The Morgan fingerprint density at radius 2 is 2.19 bits per heavy atom. The number of nitrogens with one attached hydrogen (secondary N) is 2. The predicted molar refractivity (Wildman–Crippen MR) is 106 cm³/mol. The summed E-state index contributed by atoms with van der Waals surface area (Å²) >= 11 is 0. The second kappa shape index (κ2) is 7.19. The minimum absolute atomic E-state index is 0.0817. The van der Waals surface area contributed by atoms with E-state index in [0.717, 1.165) is 24.9 Å². The normalized spacial score (nSPS) is 25.1. The van der Waals surface area contributed by atoms with E-state index in [-0.39, 0.29) is 17.7 Å². The number of nitrogens with two attached hydrogens (primary N) is 1. The van der Waals surface area contributed by atoms with Crippen LogP contribution in [-0.2, 0) is 4.79 Å². The van der Waals surface area contributed by atoms with Crippen LogP contribution in [-0.4, -0.2) is 42.2 Å². The molecule has 2 aliphatic rings. The van der Waals surface area contributed by atoms with Crippen molar-refractivity contribution in [1.29, 1.82) is 5.41 Å². The molecule has 1 saturated carbocycles. The third kappa shape index (κ3) is 3.49. The van der Waals surface area contributed by atoms with Crippen molar-refractivity contribution in [2.45, 2.75) is 37.8 Å². The van der Waals surface area contributed by atoms with E-state index in [9.17, 15) is 4.79 Å². The van der Waals surface area contributed by atoms with E-state index in [4.69, 9.17) is 15.6 Å². The van der Waals surface area contributed by atoms with Gasteiger partial charge in [-0.3, -0.25) is 10.2 Å². The molecule has 4 N–H and O–H groups in total. The van der Waals surface area contributed by atoms with E-state index >= 15 is 0 Å². The Morgan fingerprint density at radius 1 is 1.33 bits per heavy atom. The van der Waals surface area contributed by atoms with Crippen LogP contribution in [0.5, 0.6) is 0 Å². The highest BCUT2D eigenvalue weighted by atomic mass is 16.3. The Balaban J connectivity index is 1.43. The summed E-state index contributed by atoms with van der Waals surface area (Å²) < 4.78 is 5.37. The Labute approximate surface area is 159 Å². The first kappa shape index (κ1) is 17.8. The van der Waals surface area contributed by atoms with Gasteiger partial charge >= 0.3 is 0 Å². The quantitative estimate of drug-likeness (QED) is 0.573. The number of hydrogen-bond donors (Lipinski definition) is 3. The number of nitrogen functional groups attached to an aromatic ring is 1. The maximum absolute atomic E-state index is 12.6. The first-order valence-corrected chi connectivity index (χ1v) is 9.56. The molecule has 27 heavy (non-hydrogen) atoms. The molecule has 0 bridgehead atoms. The van der Waals surface area contributed by atoms with E-state index in [1.54, 1.807) is 18.4 Å². The minimum atomic E-state index is -0.348. The summed E-state index contributed by atoms with van der Waals surface area (Å²) in [6.07, 6.45) is 6.03. The Morgan fingerprint density at radius 3 is 2.89 bits per heavy atom. The average Bonchev–Trinajstić information content (AvgIpc) is 3.31. The number of carbonyl (C=O) groups excluding carboxylic acids is 1. The third-order valence-corrected chi connectivity index (χ3v) is 6.00. The number of anilines is 1. The zero-order valence-electron chi connectivity index (χ0n) is 15.6. The largest absolute Gasteiger partial charge is 0.464 e. The molecule has 1 amide bonds. The number of fused-ring (bicyclic) bond motifs is 1. The van der Waals surface area contributed by atoms with E-state index in [2.05, 4.69) is 17.3 Å². The van der Waals surface area contributed by atoms with Gasteiger partial charge in [-0.25, -0.2) is 0 Å². The zero-order valence-corrected chi connectivity index (χ0v) is 15.6. The topological polar surface area (TPSA) is 95.4 Å². The highest BCUT2D eigenvalue weighted by Gasteiger charge is 2.39. The molecule has 6 heteroatoms. The summed E-state index contributed by atoms with van der Waals surface area (Å²) in [6.45, 7) is 1.14. The first-order chi connectivity index (χ1) is 13.0. The number of piperidine rings is 1. The lowest BCUT2D eigenvalue weighted by Crippen LogP contribution is -2.41. The fraction of sp³-hybridized carbons (Fsp3) is 0.429. The van der Waals surface area contributed by atoms with Crippen LogP contribution in [0.2, 0.25) is 0 Å². The lowest BCUT2D eigenvalue weighted by atomic mass is 9.92. The molecule has 1 saturated heterocycles. The SMILES string of the molecule is CN1CCCC2CC(NC(=O)C(=N)c3ccc(-c4ccco4)cc3N)CC21. The Bertz CT molecular complexity index is 846. The van der Waals surface area contributed by atoms with Gasteiger partial charge < -0.3 is 20.4 Å². The fourth-order valence-electron chi connectivity index (χ4n) is 4.61. The highest BCUT2D eigenvalue weighted by Crippen LogP contribution is 2.36. The van der Waals surface area contributed by atoms with Crippen molar-refractivity contribution in [2.24, 2.45) is 5.92 Å². The Kier molecular flexibility index (Phi) is 4.74. The van der Waals surface area contributed by atoms with E-state index < -0.39 is 0 Å². The molecule has 0 radical (unpaired) electrons. The molecule has 1 aromatic heterocycles. The summed E-state index contributed by atoms with van der Waals surface area (Å²) in [5, 5.41) is 11.4. The van der Waals surface area contributed by atoms with Crippen LogP contribution in [0, 0.1) is 11.3 Å². The molecule has 1 aromatic carbocycles. The van der Waals surface area contributed by atoms with Crippen molar-refractivity contribution in [3.63, 3.8) is 0 Å². The molecule has 142 valence electrons. The number of rotatable bonds is 4. The van der Waals surface area contributed by atoms with Gasteiger partial charge in [0.25, 0.3) is 5.91 Å². The third-order valence-electron chi connectivity index (χ3n) is 6.00. The van der Waals surface area contributed by atoms with Crippen molar-refractivity contribution in [3.8, 4) is 11.3 Å². The van der Waals surface area contributed by atoms with E-state index in [1.807, 2.05) is 18.2 Å². The minimum Gasteiger partial charge on any atom is -0.464 e. The molecule has 3 unspecified atom stereocenters. The number of amides is 1. The van der Waals surface area contributed by atoms with E-state index in [1.165, 1.54) is 12.8 Å². The molecule has 6 nitrogen and oxygen atoms in total. The second-order valence-corrected chi connectivity index (χ2v) is 7.75. The van der Waals surface area contributed by atoms with Crippen LogP contribution in [0.4, 0.5) is 5.69 Å². The second-order valence-electron chi connectivity index (χ2n) is 7.75. The van der Waals surface area contributed by atoms with Crippen LogP contribution in [0.1, 0.15) is 31.2 Å². The van der Waals surface area contributed by atoms with Crippen LogP contribution in [0.25, 0.3) is 11.3 Å². The molecule has 3 atom stereocenters. The van der Waals surface area contributed by atoms with Crippen LogP contribution in [0.15, 0.2) is 41.0 Å². The number of hydrogen-bond acceptors (Lipinski definition) is 5. The van der Waals surface area contributed by atoms with Gasteiger partial charge in [-0.1, -0.05) is 6.07 Å². The summed E-state index contributed by atoms with van der Waals surface area (Å²) in [5.74, 6) is 1.02. The molecule has 0 spiro atoms. The molecule has 2 aromatic rings. The van der Waals surface area contributed by atoms with Gasteiger partial charge in [-0.15, -0.1) is 0 Å². The highest BCUT2D eigenvalue weighted by molar-refractivity contribution is 6.45. The molecule has 1 aliphatic heterocycles. The van der Waals surface area contributed by atoms with Gasteiger partial charge in [0.05, 0.1) is 6.26 Å². The monoisotopic (exact) mass is 366 g/mol. The summed E-state index contributed by atoms with van der Waals surface area (Å²) in [4.78, 5) is 15.0. The van der Waals surface area contributed by atoms with Crippen LogP contribution < -0.4 is 11.1 Å². The standard InChI is InChI=1S/C21H26N4O2/c1-25-8-2-4-13-10-15(12-18(13)25)24-21(26)20(23)16-7-6-14(11-17(16)22)19-5-3-9-27-19/h3,5-7,9,11,13,15,18,23H,2,4,8,10,12,22H2,1H3,(H,24,26). The van der Waals surface area contributed by atoms with E-state index in [0.29, 0.717) is 29.0 Å². The van der Waals surface area contributed by atoms with Gasteiger partial charge in [0.15, 0.2) is 0 Å². The summed E-state index contributed by atoms with van der Waals surface area (Å²) in [7, 11) is 2.17. The van der Waals surface area contributed by atoms with Gasteiger partial charge in [0.2, 0.25) is 0 Å². The number of likely N-dealkylation sites (tertiary alicyclic amines) is 1. The summed E-state index contributed by atoms with van der Waals surface area (Å²) in [6, 6.07) is 9.64. The lowest BCUT2D eigenvalue weighted by molar-refractivity contribution is -0.115. The average molecular weight is 366 g/mol. The number of furan rings is 1. The van der Waals surface area contributed by atoms with Gasteiger partial charge in [-0.2, -0.15) is 0 Å². The molecule has 4 rings (SSSR count). The maximum atomic E-state index is 12.6. The number of benzene rings is 1. The summed E-state index contributed by atoms with van der Waals surface area (Å²) in [5.41, 5.74) is 7.73. The predicted octanol–water partition coefficient (Wildman–Crippen LogP) is 2.89.